The van der Waals surface area contributed by atoms with Crippen LogP contribution < -0.4 is 4.90 Å². The molecule has 2 heterocycles. The maximum absolute atomic E-state index is 5.32. The number of ether oxygens (including phenoxy) is 1. The van der Waals surface area contributed by atoms with Crippen LogP contribution in [0.2, 0.25) is 0 Å². The maximum atomic E-state index is 5.32. The van der Waals surface area contributed by atoms with Gasteiger partial charge in [-0.1, -0.05) is 22.0 Å². The van der Waals surface area contributed by atoms with E-state index in [1.165, 1.54) is 0 Å². The Morgan fingerprint density at radius 2 is 2.06 bits per heavy atom. The summed E-state index contributed by atoms with van der Waals surface area (Å²) in [4.78, 5) is 11.2. The van der Waals surface area contributed by atoms with Crippen molar-refractivity contribution in [2.45, 2.75) is 0 Å². The zero-order valence-electron chi connectivity index (χ0n) is 9.27. The molecule has 0 bridgehead atoms. The number of rotatable bonds is 1. The molecule has 0 radical (unpaired) electrons. The molecule has 4 nitrogen and oxygen atoms in total. The first-order chi connectivity index (χ1) is 8.34. The average molecular weight is 294 g/mol. The Morgan fingerprint density at radius 1 is 1.24 bits per heavy atom. The molecule has 1 aliphatic rings. The van der Waals surface area contributed by atoms with Crippen LogP contribution in [0.25, 0.3) is 10.9 Å². The topological polar surface area (TPSA) is 38.2 Å². The van der Waals surface area contributed by atoms with Gasteiger partial charge in [0.05, 0.1) is 18.7 Å². The molecule has 88 valence electrons. The van der Waals surface area contributed by atoms with E-state index >= 15 is 0 Å². The summed E-state index contributed by atoms with van der Waals surface area (Å²) >= 11 is 3.50. The molecule has 1 fully saturated rings. The van der Waals surface area contributed by atoms with Crippen molar-refractivity contribution in [3.8, 4) is 0 Å². The number of benzene rings is 1. The summed E-state index contributed by atoms with van der Waals surface area (Å²) in [7, 11) is 0. The highest BCUT2D eigenvalue weighted by Crippen LogP contribution is 2.23. The minimum atomic E-state index is 0.750. The summed E-state index contributed by atoms with van der Waals surface area (Å²) in [5.41, 5.74) is 0.968. The second kappa shape index (κ2) is 4.58. The SMILES string of the molecule is Brc1cccc2nc(N3CCOCC3)ncc12. The number of halogens is 1. The van der Waals surface area contributed by atoms with Crippen LogP contribution in [0.15, 0.2) is 28.9 Å². The molecular formula is C12H12BrN3O. The van der Waals surface area contributed by atoms with Gasteiger partial charge in [-0.3, -0.25) is 0 Å². The Hall–Kier alpha value is -1.20. The predicted octanol–water partition coefficient (Wildman–Crippen LogP) is 2.23. The molecule has 0 aliphatic carbocycles. The van der Waals surface area contributed by atoms with E-state index in [-0.39, 0.29) is 0 Å². The van der Waals surface area contributed by atoms with Crippen molar-refractivity contribution in [2.24, 2.45) is 0 Å². The van der Waals surface area contributed by atoms with Crippen molar-refractivity contribution in [2.75, 3.05) is 31.2 Å². The third-order valence-corrected chi connectivity index (χ3v) is 3.54. The van der Waals surface area contributed by atoms with E-state index in [1.807, 2.05) is 24.4 Å². The van der Waals surface area contributed by atoms with Crippen LogP contribution >= 0.6 is 15.9 Å². The van der Waals surface area contributed by atoms with Gasteiger partial charge in [0.15, 0.2) is 0 Å². The number of aromatic nitrogens is 2. The smallest absolute Gasteiger partial charge is 0.226 e. The Bertz CT molecular complexity index is 540. The summed E-state index contributed by atoms with van der Waals surface area (Å²) < 4.78 is 6.35. The second-order valence-electron chi connectivity index (χ2n) is 3.94. The average Bonchev–Trinajstić information content (AvgIpc) is 2.40. The van der Waals surface area contributed by atoms with Crippen molar-refractivity contribution in [3.05, 3.63) is 28.9 Å². The molecule has 1 aliphatic heterocycles. The molecule has 0 N–H and O–H groups in total. The fourth-order valence-electron chi connectivity index (χ4n) is 1.93. The number of nitrogens with zero attached hydrogens (tertiary/aromatic N) is 3. The van der Waals surface area contributed by atoms with Gasteiger partial charge in [0.2, 0.25) is 5.95 Å². The predicted molar refractivity (Wildman–Crippen MR) is 70.3 cm³/mol. The van der Waals surface area contributed by atoms with Gasteiger partial charge in [-0.25, -0.2) is 9.97 Å². The van der Waals surface area contributed by atoms with Gasteiger partial charge < -0.3 is 9.64 Å². The van der Waals surface area contributed by atoms with Crippen molar-refractivity contribution >= 4 is 32.8 Å². The molecular weight excluding hydrogens is 282 g/mol. The minimum Gasteiger partial charge on any atom is -0.378 e. The molecule has 1 aromatic heterocycles. The van der Waals surface area contributed by atoms with E-state index in [0.29, 0.717) is 0 Å². The van der Waals surface area contributed by atoms with E-state index in [4.69, 9.17) is 4.74 Å². The first-order valence-electron chi connectivity index (χ1n) is 5.58. The van der Waals surface area contributed by atoms with Gasteiger partial charge in [0.1, 0.15) is 0 Å². The van der Waals surface area contributed by atoms with Gasteiger partial charge >= 0.3 is 0 Å². The third-order valence-electron chi connectivity index (χ3n) is 2.85. The third kappa shape index (κ3) is 2.12. The van der Waals surface area contributed by atoms with Crippen molar-refractivity contribution in [1.29, 1.82) is 0 Å². The lowest BCUT2D eigenvalue weighted by Crippen LogP contribution is -2.37. The zero-order chi connectivity index (χ0) is 11.7. The van der Waals surface area contributed by atoms with Crippen LogP contribution in [0, 0.1) is 0 Å². The van der Waals surface area contributed by atoms with E-state index in [2.05, 4.69) is 30.8 Å². The summed E-state index contributed by atoms with van der Waals surface area (Å²) in [6, 6.07) is 5.99. The van der Waals surface area contributed by atoms with Gasteiger partial charge in [0, 0.05) is 29.1 Å². The minimum absolute atomic E-state index is 0.750. The highest BCUT2D eigenvalue weighted by molar-refractivity contribution is 9.10. The number of anilines is 1. The molecule has 0 atom stereocenters. The second-order valence-corrected chi connectivity index (χ2v) is 4.80. The Morgan fingerprint density at radius 3 is 2.88 bits per heavy atom. The largest absolute Gasteiger partial charge is 0.378 e. The highest BCUT2D eigenvalue weighted by Gasteiger charge is 2.14. The van der Waals surface area contributed by atoms with Crippen molar-refractivity contribution in [3.63, 3.8) is 0 Å². The number of hydrogen-bond acceptors (Lipinski definition) is 4. The lowest BCUT2D eigenvalue weighted by atomic mass is 10.2. The van der Waals surface area contributed by atoms with E-state index in [1.54, 1.807) is 0 Å². The van der Waals surface area contributed by atoms with Crippen LogP contribution in [-0.2, 0) is 4.74 Å². The quantitative estimate of drug-likeness (QED) is 0.808. The molecule has 2 aromatic rings. The Balaban J connectivity index is 2.01. The Kier molecular flexibility index (Phi) is 2.94. The summed E-state index contributed by atoms with van der Waals surface area (Å²) in [6.45, 7) is 3.22. The summed E-state index contributed by atoms with van der Waals surface area (Å²) in [5, 5.41) is 1.05. The number of hydrogen-bond donors (Lipinski definition) is 0. The first kappa shape index (κ1) is 10.9. The van der Waals surface area contributed by atoms with Crippen LogP contribution in [-0.4, -0.2) is 36.3 Å². The molecule has 0 spiro atoms. The molecule has 0 unspecified atom stereocenters. The molecule has 17 heavy (non-hydrogen) atoms. The fraction of sp³-hybridized carbons (Fsp3) is 0.333. The normalized spacial score (nSPS) is 16.4. The summed E-state index contributed by atoms with van der Waals surface area (Å²) in [5.74, 6) is 0.791. The van der Waals surface area contributed by atoms with Crippen LogP contribution in [0.1, 0.15) is 0 Å². The number of fused-ring (bicyclic) bond motifs is 1. The van der Waals surface area contributed by atoms with Crippen LogP contribution in [0.5, 0.6) is 0 Å². The zero-order valence-corrected chi connectivity index (χ0v) is 10.9. The lowest BCUT2D eigenvalue weighted by molar-refractivity contribution is 0.122. The fourth-order valence-corrected chi connectivity index (χ4v) is 2.38. The van der Waals surface area contributed by atoms with E-state index < -0.39 is 0 Å². The Labute approximate surface area is 108 Å². The molecule has 0 amide bonds. The van der Waals surface area contributed by atoms with Crippen LogP contribution in [0.4, 0.5) is 5.95 Å². The molecule has 1 saturated heterocycles. The number of morpholine rings is 1. The van der Waals surface area contributed by atoms with E-state index in [0.717, 1.165) is 47.6 Å². The van der Waals surface area contributed by atoms with Crippen LogP contribution in [0.3, 0.4) is 0 Å². The van der Waals surface area contributed by atoms with Crippen molar-refractivity contribution < 1.29 is 4.74 Å². The maximum Gasteiger partial charge on any atom is 0.226 e. The molecule has 3 rings (SSSR count). The van der Waals surface area contributed by atoms with Crippen molar-refractivity contribution in [1.82, 2.24) is 9.97 Å². The molecule has 0 saturated carbocycles. The van der Waals surface area contributed by atoms with E-state index in [9.17, 15) is 0 Å². The monoisotopic (exact) mass is 293 g/mol. The van der Waals surface area contributed by atoms with Gasteiger partial charge in [-0.05, 0) is 12.1 Å². The molecule has 5 heteroatoms. The van der Waals surface area contributed by atoms with Gasteiger partial charge in [-0.2, -0.15) is 0 Å². The highest BCUT2D eigenvalue weighted by atomic mass is 79.9. The summed E-state index contributed by atoms with van der Waals surface area (Å²) in [6.07, 6.45) is 1.87. The lowest BCUT2D eigenvalue weighted by Gasteiger charge is -2.26. The van der Waals surface area contributed by atoms with Gasteiger partial charge in [-0.15, -0.1) is 0 Å². The molecule has 1 aromatic carbocycles. The van der Waals surface area contributed by atoms with Gasteiger partial charge in [0.25, 0.3) is 0 Å². The first-order valence-corrected chi connectivity index (χ1v) is 6.38. The standard InChI is InChI=1S/C12H12BrN3O/c13-10-2-1-3-11-9(10)8-14-12(15-11)16-4-6-17-7-5-16/h1-3,8H,4-7H2.